The minimum Gasteiger partial charge on any atom is -0.492 e. The molecule has 1 rings (SSSR count). The van der Waals surface area contributed by atoms with Crippen molar-refractivity contribution in [3.05, 3.63) is 28.8 Å². The van der Waals surface area contributed by atoms with Gasteiger partial charge in [-0.3, -0.25) is 9.59 Å². The molecular weight excluding hydrogens is 318 g/mol. The molecule has 0 fully saturated rings. The Morgan fingerprint density at radius 3 is 2.70 bits per heavy atom. The Hall–Kier alpha value is -1.75. The Morgan fingerprint density at radius 2 is 2.04 bits per heavy atom. The lowest BCUT2D eigenvalue weighted by molar-refractivity contribution is -0.137. The smallest absolute Gasteiger partial charge is 0.303 e. The molecule has 6 heteroatoms. The van der Waals surface area contributed by atoms with E-state index in [1.165, 1.54) is 0 Å². The summed E-state index contributed by atoms with van der Waals surface area (Å²) in [7, 11) is 0. The molecule has 1 aromatic rings. The molecule has 0 bridgehead atoms. The van der Waals surface area contributed by atoms with E-state index >= 15 is 0 Å². The molecule has 0 aromatic heterocycles. The van der Waals surface area contributed by atoms with Crippen molar-refractivity contribution in [2.45, 2.75) is 45.4 Å². The maximum atomic E-state index is 10.8. The molecule has 0 radical (unpaired) electrons. The molecule has 0 saturated heterocycles. The summed E-state index contributed by atoms with van der Waals surface area (Å²) in [6, 6.07) is 5.61. The molecule has 1 amide bonds. The van der Waals surface area contributed by atoms with Crippen molar-refractivity contribution < 1.29 is 19.4 Å². The number of carboxylic acid groups (broad SMARTS) is 1. The first kappa shape index (κ1) is 19.3. The maximum absolute atomic E-state index is 10.8. The fraction of sp³-hybridized carbons (Fsp3) is 0.529. The van der Waals surface area contributed by atoms with Gasteiger partial charge in [0, 0.05) is 12.8 Å². The number of hydrogen-bond donors (Lipinski definition) is 2. The van der Waals surface area contributed by atoms with Crippen LogP contribution >= 0.6 is 11.6 Å². The highest BCUT2D eigenvalue weighted by Gasteiger charge is 2.10. The average molecular weight is 342 g/mol. The van der Waals surface area contributed by atoms with Crippen LogP contribution in [-0.4, -0.2) is 23.6 Å². The highest BCUT2D eigenvalue weighted by molar-refractivity contribution is 6.32. The van der Waals surface area contributed by atoms with Gasteiger partial charge in [-0.25, -0.2) is 0 Å². The van der Waals surface area contributed by atoms with Crippen LogP contribution in [0, 0.1) is 5.92 Å². The number of unbranched alkanes of at least 4 members (excludes halogenated alkanes) is 1. The minimum atomic E-state index is -0.780. The Kier molecular flexibility index (Phi) is 8.48. The molecular formula is C17H24ClNO4. The predicted octanol–water partition coefficient (Wildman–Crippen LogP) is 3.42. The number of carbonyl (C=O) groups is 2. The van der Waals surface area contributed by atoms with E-state index in [4.69, 9.17) is 27.2 Å². The normalized spacial score (nSPS) is 11.9. The quantitative estimate of drug-likeness (QED) is 0.603. The highest BCUT2D eigenvalue weighted by Crippen LogP contribution is 2.29. The lowest BCUT2D eigenvalue weighted by atomic mass is 10.1. The van der Waals surface area contributed by atoms with Gasteiger partial charge in [0.15, 0.2) is 0 Å². The number of aryl methyl sites for hydroxylation is 1. The molecule has 5 nitrogen and oxygen atoms in total. The third kappa shape index (κ3) is 7.88. The van der Waals surface area contributed by atoms with Crippen LogP contribution < -0.4 is 10.5 Å². The third-order valence-electron chi connectivity index (χ3n) is 3.54. The molecule has 3 N–H and O–H groups in total. The van der Waals surface area contributed by atoms with E-state index in [9.17, 15) is 9.59 Å². The summed E-state index contributed by atoms with van der Waals surface area (Å²) in [4.78, 5) is 21.3. The Morgan fingerprint density at radius 1 is 1.30 bits per heavy atom. The fourth-order valence-electron chi connectivity index (χ4n) is 2.16. The molecule has 128 valence electrons. The first-order chi connectivity index (χ1) is 10.9. The van der Waals surface area contributed by atoms with Gasteiger partial charge in [-0.15, -0.1) is 0 Å². The van der Waals surface area contributed by atoms with Crippen LogP contribution in [0.25, 0.3) is 0 Å². The summed E-state index contributed by atoms with van der Waals surface area (Å²) in [5.74, 6) is -0.262. The number of amides is 1. The molecule has 1 atom stereocenters. The summed E-state index contributed by atoms with van der Waals surface area (Å²) in [5, 5.41) is 9.21. The lowest BCUT2D eigenvalue weighted by Gasteiger charge is -2.15. The molecule has 0 saturated carbocycles. The van der Waals surface area contributed by atoms with Gasteiger partial charge in [0.25, 0.3) is 0 Å². The summed E-state index contributed by atoms with van der Waals surface area (Å²) < 4.78 is 5.74. The minimum absolute atomic E-state index is 0.172. The van der Waals surface area contributed by atoms with Gasteiger partial charge < -0.3 is 15.6 Å². The van der Waals surface area contributed by atoms with Crippen LogP contribution in [0.2, 0.25) is 5.02 Å². The standard InChI is InChI=1S/C17H24ClNO4/c1-12(9-10-15(19)20)11-23-14-7-4-6-13(17(14)18)5-2-3-8-16(21)22/h4,6-7,12H,2-3,5,8-11H2,1H3,(H2,19,20)(H,21,22)/t12-/m0/s1. The largest absolute Gasteiger partial charge is 0.492 e. The highest BCUT2D eigenvalue weighted by atomic mass is 35.5. The van der Waals surface area contributed by atoms with Gasteiger partial charge in [0.05, 0.1) is 11.6 Å². The van der Waals surface area contributed by atoms with E-state index in [-0.39, 0.29) is 18.2 Å². The van der Waals surface area contributed by atoms with Crippen LogP contribution in [0.15, 0.2) is 18.2 Å². The Labute approximate surface area is 141 Å². The van der Waals surface area contributed by atoms with Crippen molar-refractivity contribution in [3.63, 3.8) is 0 Å². The first-order valence-corrected chi connectivity index (χ1v) is 8.18. The van der Waals surface area contributed by atoms with Gasteiger partial charge in [-0.1, -0.05) is 30.7 Å². The molecule has 0 heterocycles. The lowest BCUT2D eigenvalue weighted by Crippen LogP contribution is -2.15. The topological polar surface area (TPSA) is 89.6 Å². The van der Waals surface area contributed by atoms with Gasteiger partial charge in [0.1, 0.15) is 5.75 Å². The van der Waals surface area contributed by atoms with Crippen LogP contribution in [0.5, 0.6) is 5.75 Å². The van der Waals surface area contributed by atoms with Crippen molar-refractivity contribution in [1.29, 1.82) is 0 Å². The van der Waals surface area contributed by atoms with E-state index in [1.54, 1.807) is 0 Å². The number of aliphatic carboxylic acids is 1. The Bertz CT molecular complexity index is 533. The van der Waals surface area contributed by atoms with Crippen LogP contribution in [0.1, 0.15) is 44.6 Å². The number of ether oxygens (including phenoxy) is 1. The second-order valence-electron chi connectivity index (χ2n) is 5.75. The number of halogens is 1. The zero-order chi connectivity index (χ0) is 17.2. The zero-order valence-electron chi connectivity index (χ0n) is 13.4. The summed E-state index contributed by atoms with van der Waals surface area (Å²) >= 11 is 6.35. The average Bonchev–Trinajstić information content (AvgIpc) is 2.49. The maximum Gasteiger partial charge on any atom is 0.303 e. The van der Waals surface area contributed by atoms with E-state index in [0.717, 1.165) is 18.4 Å². The van der Waals surface area contributed by atoms with Gasteiger partial charge in [0.2, 0.25) is 5.91 Å². The van der Waals surface area contributed by atoms with E-state index in [1.807, 2.05) is 25.1 Å². The number of nitrogens with two attached hydrogens (primary N) is 1. The number of hydrogen-bond acceptors (Lipinski definition) is 3. The number of carbonyl (C=O) groups excluding carboxylic acids is 1. The summed E-state index contributed by atoms with van der Waals surface area (Å²) in [6.07, 6.45) is 3.32. The van der Waals surface area contributed by atoms with Gasteiger partial charge in [-0.2, -0.15) is 0 Å². The first-order valence-electron chi connectivity index (χ1n) is 7.80. The van der Waals surface area contributed by atoms with Crippen molar-refractivity contribution in [2.75, 3.05) is 6.61 Å². The molecule has 1 aromatic carbocycles. The molecule has 0 aliphatic heterocycles. The van der Waals surface area contributed by atoms with Gasteiger partial charge >= 0.3 is 5.97 Å². The van der Waals surface area contributed by atoms with Crippen molar-refractivity contribution in [3.8, 4) is 5.75 Å². The number of carboxylic acids is 1. The van der Waals surface area contributed by atoms with Crippen LogP contribution in [0.4, 0.5) is 0 Å². The van der Waals surface area contributed by atoms with Gasteiger partial charge in [-0.05, 0) is 43.2 Å². The summed E-state index contributed by atoms with van der Waals surface area (Å²) in [6.45, 7) is 2.46. The van der Waals surface area contributed by atoms with E-state index < -0.39 is 5.97 Å². The second-order valence-corrected chi connectivity index (χ2v) is 6.13. The monoisotopic (exact) mass is 341 g/mol. The van der Waals surface area contributed by atoms with E-state index in [0.29, 0.717) is 36.6 Å². The SMILES string of the molecule is C[C@@H](CCC(N)=O)COc1cccc(CCCCC(=O)O)c1Cl. The third-order valence-corrected chi connectivity index (χ3v) is 3.97. The summed E-state index contributed by atoms with van der Waals surface area (Å²) in [5.41, 5.74) is 6.09. The predicted molar refractivity (Wildman–Crippen MR) is 89.7 cm³/mol. The number of primary amides is 1. The van der Waals surface area contributed by atoms with Crippen molar-refractivity contribution in [2.24, 2.45) is 11.7 Å². The van der Waals surface area contributed by atoms with Crippen LogP contribution in [-0.2, 0) is 16.0 Å². The second kappa shape index (κ2) is 10.1. The molecule has 0 aliphatic carbocycles. The molecule has 0 spiro atoms. The van der Waals surface area contributed by atoms with E-state index in [2.05, 4.69) is 0 Å². The van der Waals surface area contributed by atoms with Crippen molar-refractivity contribution >= 4 is 23.5 Å². The molecule has 23 heavy (non-hydrogen) atoms. The van der Waals surface area contributed by atoms with Crippen LogP contribution in [0.3, 0.4) is 0 Å². The number of rotatable bonds is 11. The number of benzene rings is 1. The van der Waals surface area contributed by atoms with Crippen molar-refractivity contribution in [1.82, 2.24) is 0 Å². The zero-order valence-corrected chi connectivity index (χ0v) is 14.1. The Balaban J connectivity index is 2.48. The molecule has 0 unspecified atom stereocenters. The fourth-order valence-corrected chi connectivity index (χ4v) is 2.43. The molecule has 0 aliphatic rings.